The number of hydrogen-bond acceptors (Lipinski definition) is 2. The van der Waals surface area contributed by atoms with Crippen molar-refractivity contribution in [1.29, 1.82) is 0 Å². The molecule has 0 spiro atoms. The van der Waals surface area contributed by atoms with Gasteiger partial charge in [-0.25, -0.2) is 0 Å². The van der Waals surface area contributed by atoms with Gasteiger partial charge in [-0.2, -0.15) is 0 Å². The van der Waals surface area contributed by atoms with Gasteiger partial charge in [0, 0.05) is 22.5 Å². The fourth-order valence-corrected chi connectivity index (χ4v) is 4.22. The lowest BCUT2D eigenvalue weighted by molar-refractivity contribution is 0.0845. The van der Waals surface area contributed by atoms with Crippen LogP contribution in [0.1, 0.15) is 63.5 Å². The Morgan fingerprint density at radius 1 is 1.19 bits per heavy atom. The van der Waals surface area contributed by atoms with Gasteiger partial charge in [-0.3, -0.25) is 0 Å². The zero-order valence-corrected chi connectivity index (χ0v) is 14.5. The SMILES string of the molecule is CCNC1CC(C2CCCCCC2)Oc2cc(Br)ccc21. The third kappa shape index (κ3) is 3.62. The number of halogens is 1. The van der Waals surface area contributed by atoms with Gasteiger partial charge in [0.25, 0.3) is 0 Å². The molecule has 3 heteroatoms. The van der Waals surface area contributed by atoms with Crippen molar-refractivity contribution >= 4 is 15.9 Å². The van der Waals surface area contributed by atoms with Crippen molar-refractivity contribution in [3.63, 3.8) is 0 Å². The molecular formula is C18H26BrNO. The summed E-state index contributed by atoms with van der Waals surface area (Å²) in [5, 5.41) is 3.65. The van der Waals surface area contributed by atoms with E-state index in [1.807, 2.05) is 0 Å². The lowest BCUT2D eigenvalue weighted by Crippen LogP contribution is -2.37. The molecule has 2 aliphatic rings. The summed E-state index contributed by atoms with van der Waals surface area (Å²) >= 11 is 3.58. The molecule has 1 aromatic carbocycles. The highest BCUT2D eigenvalue weighted by Crippen LogP contribution is 2.41. The van der Waals surface area contributed by atoms with Gasteiger partial charge in [-0.15, -0.1) is 0 Å². The summed E-state index contributed by atoms with van der Waals surface area (Å²) in [7, 11) is 0. The van der Waals surface area contributed by atoms with Crippen molar-refractivity contribution in [3.8, 4) is 5.75 Å². The fourth-order valence-electron chi connectivity index (χ4n) is 3.88. The van der Waals surface area contributed by atoms with Crippen LogP contribution in [-0.2, 0) is 0 Å². The van der Waals surface area contributed by atoms with Crippen molar-refractivity contribution in [2.24, 2.45) is 5.92 Å². The first-order valence-corrected chi connectivity index (χ1v) is 9.26. The van der Waals surface area contributed by atoms with E-state index >= 15 is 0 Å². The maximum atomic E-state index is 6.41. The summed E-state index contributed by atoms with van der Waals surface area (Å²) in [6, 6.07) is 6.91. The summed E-state index contributed by atoms with van der Waals surface area (Å²) in [6.07, 6.45) is 9.74. The second-order valence-electron chi connectivity index (χ2n) is 6.44. The van der Waals surface area contributed by atoms with E-state index in [0.717, 1.165) is 29.1 Å². The molecule has 21 heavy (non-hydrogen) atoms. The minimum absolute atomic E-state index is 0.383. The van der Waals surface area contributed by atoms with E-state index in [9.17, 15) is 0 Å². The normalized spacial score (nSPS) is 26.8. The Labute approximate surface area is 136 Å². The zero-order chi connectivity index (χ0) is 14.7. The van der Waals surface area contributed by atoms with Crippen LogP contribution in [0.5, 0.6) is 5.75 Å². The minimum Gasteiger partial charge on any atom is -0.490 e. The van der Waals surface area contributed by atoms with Gasteiger partial charge in [-0.1, -0.05) is 54.6 Å². The predicted octanol–water partition coefficient (Wildman–Crippen LogP) is 5.22. The quantitative estimate of drug-likeness (QED) is 0.753. The van der Waals surface area contributed by atoms with Crippen molar-refractivity contribution < 1.29 is 4.74 Å². The lowest BCUT2D eigenvalue weighted by Gasteiger charge is -2.36. The molecule has 1 saturated carbocycles. The van der Waals surface area contributed by atoms with Crippen LogP contribution in [0.4, 0.5) is 0 Å². The molecule has 2 nitrogen and oxygen atoms in total. The second-order valence-corrected chi connectivity index (χ2v) is 7.35. The van der Waals surface area contributed by atoms with Gasteiger partial charge < -0.3 is 10.1 Å². The Hall–Kier alpha value is -0.540. The molecule has 1 aliphatic heterocycles. The molecule has 1 heterocycles. The molecule has 3 rings (SSSR count). The first-order chi connectivity index (χ1) is 10.3. The molecule has 0 amide bonds. The van der Waals surface area contributed by atoms with Crippen LogP contribution in [0, 0.1) is 5.92 Å². The highest BCUT2D eigenvalue weighted by molar-refractivity contribution is 9.10. The van der Waals surface area contributed by atoms with Crippen molar-refractivity contribution in [2.75, 3.05) is 6.54 Å². The summed E-state index contributed by atoms with van der Waals surface area (Å²) < 4.78 is 7.52. The molecule has 2 unspecified atom stereocenters. The average Bonchev–Trinajstić information content (AvgIpc) is 2.76. The second kappa shape index (κ2) is 7.15. The van der Waals surface area contributed by atoms with Crippen molar-refractivity contribution in [1.82, 2.24) is 5.32 Å². The molecule has 0 aromatic heterocycles. The Balaban J connectivity index is 1.81. The molecule has 0 bridgehead atoms. The van der Waals surface area contributed by atoms with Gasteiger partial charge >= 0.3 is 0 Å². The van der Waals surface area contributed by atoms with E-state index in [4.69, 9.17) is 4.74 Å². The van der Waals surface area contributed by atoms with Gasteiger partial charge in [0.2, 0.25) is 0 Å². The summed E-state index contributed by atoms with van der Waals surface area (Å²) in [5.74, 6) is 1.82. The smallest absolute Gasteiger partial charge is 0.125 e. The molecule has 1 aromatic rings. The first kappa shape index (κ1) is 15.4. The fraction of sp³-hybridized carbons (Fsp3) is 0.667. The Bertz CT molecular complexity index is 468. The highest BCUT2D eigenvalue weighted by Gasteiger charge is 2.33. The Morgan fingerprint density at radius 3 is 2.67 bits per heavy atom. The standard InChI is InChI=1S/C18H26BrNO/c1-2-20-16-12-17(13-7-5-3-4-6-8-13)21-18-11-14(19)9-10-15(16)18/h9-11,13,16-17,20H,2-8,12H2,1H3. The molecule has 1 fully saturated rings. The Morgan fingerprint density at radius 2 is 1.95 bits per heavy atom. The molecule has 1 N–H and O–H groups in total. The van der Waals surface area contributed by atoms with E-state index in [1.165, 1.54) is 44.1 Å². The molecule has 0 radical (unpaired) electrons. The Kier molecular flexibility index (Phi) is 5.23. The number of ether oxygens (including phenoxy) is 1. The third-order valence-electron chi connectivity index (χ3n) is 4.97. The van der Waals surface area contributed by atoms with E-state index in [2.05, 4.69) is 46.4 Å². The van der Waals surface area contributed by atoms with Crippen LogP contribution < -0.4 is 10.1 Å². The number of benzene rings is 1. The number of hydrogen-bond donors (Lipinski definition) is 1. The maximum Gasteiger partial charge on any atom is 0.125 e. The summed E-state index contributed by atoms with van der Waals surface area (Å²) in [6.45, 7) is 3.20. The van der Waals surface area contributed by atoms with Crippen molar-refractivity contribution in [2.45, 2.75) is 64.0 Å². The van der Waals surface area contributed by atoms with Gasteiger partial charge in [-0.05, 0) is 37.4 Å². The molecule has 116 valence electrons. The van der Waals surface area contributed by atoms with Crippen LogP contribution >= 0.6 is 15.9 Å². The van der Waals surface area contributed by atoms with Crippen LogP contribution in [0.25, 0.3) is 0 Å². The zero-order valence-electron chi connectivity index (χ0n) is 12.9. The van der Waals surface area contributed by atoms with Crippen LogP contribution in [0.15, 0.2) is 22.7 Å². The van der Waals surface area contributed by atoms with Crippen molar-refractivity contribution in [3.05, 3.63) is 28.2 Å². The maximum absolute atomic E-state index is 6.41. The molecule has 0 saturated heterocycles. The van der Waals surface area contributed by atoms with E-state index < -0.39 is 0 Å². The minimum atomic E-state index is 0.383. The van der Waals surface area contributed by atoms with Gasteiger partial charge in [0.05, 0.1) is 0 Å². The number of fused-ring (bicyclic) bond motifs is 1. The van der Waals surface area contributed by atoms with Gasteiger partial charge in [0.1, 0.15) is 11.9 Å². The number of nitrogens with one attached hydrogen (secondary N) is 1. The lowest BCUT2D eigenvalue weighted by atomic mass is 9.86. The van der Waals surface area contributed by atoms with E-state index in [1.54, 1.807) is 0 Å². The van der Waals surface area contributed by atoms with Gasteiger partial charge in [0.15, 0.2) is 0 Å². The monoisotopic (exact) mass is 351 g/mol. The first-order valence-electron chi connectivity index (χ1n) is 8.47. The number of rotatable bonds is 3. The highest BCUT2D eigenvalue weighted by atomic mass is 79.9. The summed E-state index contributed by atoms with van der Waals surface area (Å²) in [5.41, 5.74) is 1.32. The van der Waals surface area contributed by atoms with E-state index in [0.29, 0.717) is 12.1 Å². The molecular weight excluding hydrogens is 326 g/mol. The van der Waals surface area contributed by atoms with Crippen LogP contribution in [-0.4, -0.2) is 12.6 Å². The van der Waals surface area contributed by atoms with E-state index in [-0.39, 0.29) is 0 Å². The predicted molar refractivity (Wildman–Crippen MR) is 90.8 cm³/mol. The van der Waals surface area contributed by atoms with Crippen LogP contribution in [0.2, 0.25) is 0 Å². The average molecular weight is 352 g/mol. The topological polar surface area (TPSA) is 21.3 Å². The third-order valence-corrected chi connectivity index (χ3v) is 5.47. The van der Waals surface area contributed by atoms with Crippen LogP contribution in [0.3, 0.4) is 0 Å². The molecule has 2 atom stereocenters. The molecule has 1 aliphatic carbocycles. The summed E-state index contributed by atoms with van der Waals surface area (Å²) in [4.78, 5) is 0. The largest absolute Gasteiger partial charge is 0.490 e.